The third-order valence-electron chi connectivity index (χ3n) is 5.90. The highest BCUT2D eigenvalue weighted by molar-refractivity contribution is 7.89. The Kier molecular flexibility index (Phi) is 7.86. The van der Waals surface area contributed by atoms with Gasteiger partial charge in [0.05, 0.1) is 32.6 Å². The number of ether oxygens (including phenoxy) is 3. The first-order chi connectivity index (χ1) is 15.7. The largest absolute Gasteiger partial charge is 0.493 e. The Bertz CT molecular complexity index is 1070. The normalized spacial score (nSPS) is 14.9. The highest BCUT2D eigenvalue weighted by Crippen LogP contribution is 2.40. The minimum atomic E-state index is -3.59. The van der Waals surface area contributed by atoms with Crippen molar-refractivity contribution in [2.45, 2.75) is 31.1 Å². The fourth-order valence-electron chi connectivity index (χ4n) is 3.93. The van der Waals surface area contributed by atoms with Gasteiger partial charge in [-0.05, 0) is 29.7 Å². The molecule has 8 nitrogen and oxygen atoms in total. The molecule has 2 aromatic rings. The predicted octanol–water partition coefficient (Wildman–Crippen LogP) is 2.91. The molecule has 1 fully saturated rings. The molecule has 3 rings (SSSR count). The molecule has 0 aromatic heterocycles. The second-order valence-corrected chi connectivity index (χ2v) is 10.1. The molecular formula is C24H32N2O6S. The van der Waals surface area contributed by atoms with Gasteiger partial charge in [0.15, 0.2) is 11.5 Å². The minimum absolute atomic E-state index is 0.0983. The fraction of sp³-hybridized carbons (Fsp3) is 0.458. The summed E-state index contributed by atoms with van der Waals surface area (Å²) in [7, 11) is 0.973. The van der Waals surface area contributed by atoms with E-state index in [1.54, 1.807) is 29.2 Å². The number of benzene rings is 2. The van der Waals surface area contributed by atoms with Gasteiger partial charge in [-0.3, -0.25) is 4.79 Å². The van der Waals surface area contributed by atoms with E-state index in [1.165, 1.54) is 25.6 Å². The maximum absolute atomic E-state index is 13.0. The van der Waals surface area contributed by atoms with Crippen molar-refractivity contribution in [2.75, 3.05) is 47.5 Å². The highest BCUT2D eigenvalue weighted by Gasteiger charge is 2.30. The van der Waals surface area contributed by atoms with Crippen LogP contribution in [0.3, 0.4) is 0 Å². The number of piperazine rings is 1. The second-order valence-electron chi connectivity index (χ2n) is 8.18. The molecule has 9 heteroatoms. The van der Waals surface area contributed by atoms with Crippen LogP contribution in [-0.4, -0.2) is 71.0 Å². The van der Waals surface area contributed by atoms with Gasteiger partial charge in [-0.25, -0.2) is 8.42 Å². The zero-order valence-electron chi connectivity index (χ0n) is 19.8. The molecule has 2 aromatic carbocycles. The molecule has 1 aliphatic heterocycles. The van der Waals surface area contributed by atoms with Crippen LogP contribution < -0.4 is 14.2 Å². The van der Waals surface area contributed by atoms with Gasteiger partial charge in [0.25, 0.3) is 0 Å². The summed E-state index contributed by atoms with van der Waals surface area (Å²) in [4.78, 5) is 14.9. The Labute approximate surface area is 196 Å². The number of hydrogen-bond donors (Lipinski definition) is 0. The fourth-order valence-corrected chi connectivity index (χ4v) is 5.35. The summed E-state index contributed by atoms with van der Waals surface area (Å²) in [6.45, 7) is 5.30. The quantitative estimate of drug-likeness (QED) is 0.582. The number of carbonyl (C=O) groups is 1. The molecule has 33 heavy (non-hydrogen) atoms. The number of nitrogens with zero attached hydrogens (tertiary/aromatic N) is 2. The van der Waals surface area contributed by atoms with Crippen molar-refractivity contribution in [3.05, 3.63) is 47.5 Å². The van der Waals surface area contributed by atoms with Crippen LogP contribution in [0.4, 0.5) is 0 Å². The highest BCUT2D eigenvalue weighted by atomic mass is 32.2. The number of carbonyl (C=O) groups excluding carboxylic acids is 1. The molecule has 1 saturated heterocycles. The summed E-state index contributed by atoms with van der Waals surface area (Å²) < 4.78 is 43.7. The molecule has 1 amide bonds. The summed E-state index contributed by atoms with van der Waals surface area (Å²) in [6.07, 6.45) is 0.118. The lowest BCUT2D eigenvalue weighted by atomic mass is 10.0. The van der Waals surface area contributed by atoms with E-state index in [-0.39, 0.29) is 30.3 Å². The monoisotopic (exact) mass is 476 g/mol. The van der Waals surface area contributed by atoms with Gasteiger partial charge in [0, 0.05) is 31.7 Å². The number of rotatable bonds is 8. The molecule has 180 valence electrons. The van der Waals surface area contributed by atoms with E-state index in [9.17, 15) is 13.2 Å². The molecule has 0 unspecified atom stereocenters. The zero-order valence-corrected chi connectivity index (χ0v) is 20.6. The van der Waals surface area contributed by atoms with Gasteiger partial charge in [-0.2, -0.15) is 4.31 Å². The van der Waals surface area contributed by atoms with Gasteiger partial charge in [-0.15, -0.1) is 0 Å². The van der Waals surface area contributed by atoms with E-state index in [0.717, 1.165) is 5.56 Å². The first-order valence-electron chi connectivity index (χ1n) is 10.9. The van der Waals surface area contributed by atoms with Crippen molar-refractivity contribution >= 4 is 15.9 Å². The van der Waals surface area contributed by atoms with Crippen molar-refractivity contribution in [2.24, 2.45) is 0 Å². The summed E-state index contributed by atoms with van der Waals surface area (Å²) in [5, 5.41) is 0. The third kappa shape index (κ3) is 5.25. The van der Waals surface area contributed by atoms with Gasteiger partial charge in [0.2, 0.25) is 21.7 Å². The Hall–Kier alpha value is -2.78. The number of sulfonamides is 1. The second kappa shape index (κ2) is 10.4. The van der Waals surface area contributed by atoms with Crippen molar-refractivity contribution in [1.82, 2.24) is 9.21 Å². The topological polar surface area (TPSA) is 85.4 Å². The Balaban J connectivity index is 1.67. The van der Waals surface area contributed by atoms with Crippen molar-refractivity contribution in [1.29, 1.82) is 0 Å². The van der Waals surface area contributed by atoms with Gasteiger partial charge >= 0.3 is 0 Å². The summed E-state index contributed by atoms with van der Waals surface area (Å²) in [5.41, 5.74) is 1.77. The number of amides is 1. The smallest absolute Gasteiger partial charge is 0.243 e. The Morgan fingerprint density at radius 3 is 2.00 bits per heavy atom. The maximum atomic E-state index is 13.0. The van der Waals surface area contributed by atoms with Crippen molar-refractivity contribution in [3.8, 4) is 17.2 Å². The SMILES string of the molecule is COc1ccc(CC(=O)N2CCN(S(=O)(=O)c3ccc(C(C)C)cc3)CC2)c(OC)c1OC. The Morgan fingerprint density at radius 1 is 0.879 bits per heavy atom. The van der Waals surface area contributed by atoms with E-state index in [1.807, 2.05) is 12.1 Å². The zero-order chi connectivity index (χ0) is 24.2. The van der Waals surface area contributed by atoms with Crippen LogP contribution in [0.25, 0.3) is 0 Å². The van der Waals surface area contributed by atoms with Crippen LogP contribution >= 0.6 is 0 Å². The number of hydrogen-bond acceptors (Lipinski definition) is 6. The molecule has 1 heterocycles. The van der Waals surface area contributed by atoms with E-state index < -0.39 is 10.0 Å². The average Bonchev–Trinajstić information content (AvgIpc) is 2.83. The van der Waals surface area contributed by atoms with Crippen molar-refractivity contribution in [3.63, 3.8) is 0 Å². The summed E-state index contributed by atoms with van der Waals surface area (Å²) >= 11 is 0. The third-order valence-corrected chi connectivity index (χ3v) is 7.82. The van der Waals surface area contributed by atoms with Crippen LogP contribution in [0, 0.1) is 0 Å². The molecule has 0 spiro atoms. The molecule has 0 bridgehead atoms. The first kappa shape index (κ1) is 24.9. The Morgan fingerprint density at radius 2 is 1.48 bits per heavy atom. The lowest BCUT2D eigenvalue weighted by Gasteiger charge is -2.34. The molecule has 1 aliphatic rings. The van der Waals surface area contributed by atoms with Crippen molar-refractivity contribution < 1.29 is 27.4 Å². The minimum Gasteiger partial charge on any atom is -0.493 e. The molecule has 0 N–H and O–H groups in total. The standard InChI is InChI=1S/C24H32N2O6S/c1-17(2)18-6-9-20(10-7-18)33(28,29)26-14-12-25(13-15-26)22(27)16-19-8-11-21(30-3)24(32-5)23(19)31-4/h6-11,17H,12-16H2,1-5H3. The number of methoxy groups -OCH3 is 3. The van der Waals surface area contributed by atoms with E-state index in [4.69, 9.17) is 14.2 Å². The maximum Gasteiger partial charge on any atom is 0.243 e. The van der Waals surface area contributed by atoms with E-state index in [2.05, 4.69) is 13.8 Å². The van der Waals surface area contributed by atoms with Gasteiger partial charge in [-0.1, -0.05) is 32.0 Å². The predicted molar refractivity (Wildman–Crippen MR) is 126 cm³/mol. The lowest BCUT2D eigenvalue weighted by molar-refractivity contribution is -0.131. The van der Waals surface area contributed by atoms with Crippen LogP contribution in [0.15, 0.2) is 41.3 Å². The van der Waals surface area contributed by atoms with Crippen LogP contribution in [-0.2, 0) is 21.2 Å². The van der Waals surface area contributed by atoms with Crippen LogP contribution in [0.2, 0.25) is 0 Å². The molecule has 0 saturated carbocycles. The first-order valence-corrected chi connectivity index (χ1v) is 12.3. The summed E-state index contributed by atoms with van der Waals surface area (Å²) in [5.74, 6) is 1.64. The average molecular weight is 477 g/mol. The van der Waals surface area contributed by atoms with Crippen LogP contribution in [0.1, 0.15) is 30.9 Å². The molecule has 0 radical (unpaired) electrons. The summed E-state index contributed by atoms with van der Waals surface area (Å²) in [6, 6.07) is 10.5. The van der Waals surface area contributed by atoms with Crippen LogP contribution in [0.5, 0.6) is 17.2 Å². The van der Waals surface area contributed by atoms with E-state index >= 15 is 0 Å². The van der Waals surface area contributed by atoms with E-state index in [0.29, 0.717) is 41.8 Å². The van der Waals surface area contributed by atoms with Gasteiger partial charge in [0.1, 0.15) is 0 Å². The van der Waals surface area contributed by atoms with Gasteiger partial charge < -0.3 is 19.1 Å². The molecule has 0 atom stereocenters. The molecule has 0 aliphatic carbocycles. The molecular weight excluding hydrogens is 444 g/mol. The lowest BCUT2D eigenvalue weighted by Crippen LogP contribution is -2.50.